The van der Waals surface area contributed by atoms with Crippen LogP contribution < -0.4 is 20.1 Å². The number of benzene rings is 2. The SMILES string of the molecule is COc1ccc(NC(=O)c2cccc(NC(=O)CCn3ccnc3)c2)cc1OC(F)F. The van der Waals surface area contributed by atoms with Gasteiger partial charge in [0.1, 0.15) is 0 Å². The highest BCUT2D eigenvalue weighted by molar-refractivity contribution is 6.05. The predicted octanol–water partition coefficient (Wildman–Crippen LogP) is 3.77. The van der Waals surface area contributed by atoms with Gasteiger partial charge in [0, 0.05) is 48.4 Å². The van der Waals surface area contributed by atoms with Crippen LogP contribution in [0.1, 0.15) is 16.8 Å². The molecule has 2 N–H and O–H groups in total. The van der Waals surface area contributed by atoms with E-state index >= 15 is 0 Å². The van der Waals surface area contributed by atoms with Crippen molar-refractivity contribution < 1.29 is 27.8 Å². The molecule has 0 unspecified atom stereocenters. The lowest BCUT2D eigenvalue weighted by Gasteiger charge is -2.12. The van der Waals surface area contributed by atoms with Crippen molar-refractivity contribution in [1.82, 2.24) is 9.55 Å². The summed E-state index contributed by atoms with van der Waals surface area (Å²) in [6.07, 6.45) is 5.25. The molecule has 0 spiro atoms. The Labute approximate surface area is 176 Å². The smallest absolute Gasteiger partial charge is 0.387 e. The van der Waals surface area contributed by atoms with Crippen molar-refractivity contribution in [2.45, 2.75) is 19.6 Å². The monoisotopic (exact) mass is 430 g/mol. The number of ether oxygens (including phenoxy) is 2. The Morgan fingerprint density at radius 3 is 2.61 bits per heavy atom. The number of aryl methyl sites for hydroxylation is 1. The normalized spacial score (nSPS) is 10.6. The average Bonchev–Trinajstić information content (AvgIpc) is 3.26. The lowest BCUT2D eigenvalue weighted by Crippen LogP contribution is -2.16. The van der Waals surface area contributed by atoms with E-state index < -0.39 is 12.5 Å². The van der Waals surface area contributed by atoms with Gasteiger partial charge in [-0.2, -0.15) is 8.78 Å². The van der Waals surface area contributed by atoms with Gasteiger partial charge in [0.15, 0.2) is 11.5 Å². The first-order valence-electron chi connectivity index (χ1n) is 9.24. The van der Waals surface area contributed by atoms with Crippen LogP contribution in [0, 0.1) is 0 Å². The van der Waals surface area contributed by atoms with Crippen molar-refractivity contribution in [3.8, 4) is 11.5 Å². The van der Waals surface area contributed by atoms with Crippen molar-refractivity contribution >= 4 is 23.2 Å². The van der Waals surface area contributed by atoms with E-state index in [1.54, 1.807) is 41.5 Å². The summed E-state index contributed by atoms with van der Waals surface area (Å²) < 4.78 is 36.3. The minimum atomic E-state index is -3.03. The van der Waals surface area contributed by atoms with Crippen LogP contribution in [0.25, 0.3) is 0 Å². The summed E-state index contributed by atoms with van der Waals surface area (Å²) in [7, 11) is 1.32. The maximum absolute atomic E-state index is 12.6. The number of amides is 2. The maximum atomic E-state index is 12.6. The lowest BCUT2D eigenvalue weighted by molar-refractivity contribution is -0.116. The molecule has 0 bridgehead atoms. The first-order valence-corrected chi connectivity index (χ1v) is 9.24. The van der Waals surface area contributed by atoms with Crippen molar-refractivity contribution in [2.24, 2.45) is 0 Å². The van der Waals surface area contributed by atoms with Crippen LogP contribution in [-0.4, -0.2) is 35.1 Å². The molecular formula is C21H20F2N4O4. The van der Waals surface area contributed by atoms with Gasteiger partial charge in [0.05, 0.1) is 13.4 Å². The van der Waals surface area contributed by atoms with Crippen molar-refractivity contribution in [2.75, 3.05) is 17.7 Å². The van der Waals surface area contributed by atoms with Crippen LogP contribution in [0.3, 0.4) is 0 Å². The largest absolute Gasteiger partial charge is 0.493 e. The number of carbonyl (C=O) groups excluding carboxylic acids is 2. The van der Waals surface area contributed by atoms with Crippen molar-refractivity contribution in [3.63, 3.8) is 0 Å². The number of carbonyl (C=O) groups is 2. The highest BCUT2D eigenvalue weighted by atomic mass is 19.3. The van der Waals surface area contributed by atoms with Gasteiger partial charge in [0.25, 0.3) is 5.91 Å². The fraction of sp³-hybridized carbons (Fsp3) is 0.190. The van der Waals surface area contributed by atoms with Gasteiger partial charge >= 0.3 is 6.61 Å². The molecule has 0 saturated heterocycles. The third-order valence-corrected chi connectivity index (χ3v) is 4.20. The number of nitrogens with one attached hydrogen (secondary N) is 2. The zero-order chi connectivity index (χ0) is 22.2. The molecule has 0 atom stereocenters. The summed E-state index contributed by atoms with van der Waals surface area (Å²) in [5.74, 6) is -0.786. The quantitative estimate of drug-likeness (QED) is 0.539. The summed E-state index contributed by atoms with van der Waals surface area (Å²) in [6, 6.07) is 10.5. The highest BCUT2D eigenvalue weighted by Gasteiger charge is 2.14. The number of imidazole rings is 1. The number of aromatic nitrogens is 2. The molecule has 162 valence electrons. The van der Waals surface area contributed by atoms with Crippen molar-refractivity contribution in [1.29, 1.82) is 0 Å². The average molecular weight is 430 g/mol. The molecule has 0 radical (unpaired) electrons. The van der Waals surface area contributed by atoms with E-state index in [9.17, 15) is 18.4 Å². The molecule has 31 heavy (non-hydrogen) atoms. The summed E-state index contributed by atoms with van der Waals surface area (Å²) >= 11 is 0. The highest BCUT2D eigenvalue weighted by Crippen LogP contribution is 2.31. The van der Waals surface area contributed by atoms with Gasteiger partial charge in [-0.15, -0.1) is 0 Å². The molecule has 0 aliphatic heterocycles. The molecule has 8 nitrogen and oxygen atoms in total. The Balaban J connectivity index is 1.63. The minimum Gasteiger partial charge on any atom is -0.493 e. The van der Waals surface area contributed by atoms with E-state index in [0.717, 1.165) is 0 Å². The maximum Gasteiger partial charge on any atom is 0.387 e. The van der Waals surface area contributed by atoms with Gasteiger partial charge in [-0.05, 0) is 30.3 Å². The van der Waals surface area contributed by atoms with Crippen LogP contribution in [0.15, 0.2) is 61.2 Å². The predicted molar refractivity (Wildman–Crippen MR) is 109 cm³/mol. The zero-order valence-electron chi connectivity index (χ0n) is 16.5. The molecule has 3 aromatic rings. The van der Waals surface area contributed by atoms with Crippen LogP contribution >= 0.6 is 0 Å². The Bertz CT molecular complexity index is 1040. The fourth-order valence-corrected chi connectivity index (χ4v) is 2.76. The van der Waals surface area contributed by atoms with Crippen LogP contribution in [-0.2, 0) is 11.3 Å². The number of nitrogens with zero attached hydrogens (tertiary/aromatic N) is 2. The third kappa shape index (κ3) is 6.26. The second-order valence-corrected chi connectivity index (χ2v) is 6.38. The van der Waals surface area contributed by atoms with Gasteiger partial charge in [0.2, 0.25) is 5.91 Å². The van der Waals surface area contributed by atoms with E-state index in [1.165, 1.54) is 31.4 Å². The van der Waals surface area contributed by atoms with Gasteiger partial charge < -0.3 is 24.7 Å². The van der Waals surface area contributed by atoms with Crippen LogP contribution in [0.2, 0.25) is 0 Å². The molecule has 0 saturated carbocycles. The number of methoxy groups -OCH3 is 1. The number of halogens is 2. The second kappa shape index (κ2) is 10.2. The lowest BCUT2D eigenvalue weighted by atomic mass is 10.1. The van der Waals surface area contributed by atoms with E-state index in [-0.39, 0.29) is 35.1 Å². The Kier molecular flexibility index (Phi) is 7.15. The Morgan fingerprint density at radius 1 is 1.10 bits per heavy atom. The molecule has 1 heterocycles. The standard InChI is InChI=1S/C21H20F2N4O4/c1-30-17-6-5-16(12-18(17)31-21(22)23)26-20(29)14-3-2-4-15(11-14)25-19(28)7-9-27-10-8-24-13-27/h2-6,8,10-13,21H,7,9H2,1H3,(H,25,28)(H,26,29). The molecular weight excluding hydrogens is 410 g/mol. The van der Waals surface area contributed by atoms with E-state index in [0.29, 0.717) is 12.2 Å². The number of anilines is 2. The molecule has 2 aromatic carbocycles. The van der Waals surface area contributed by atoms with E-state index in [2.05, 4.69) is 20.4 Å². The topological polar surface area (TPSA) is 94.5 Å². The molecule has 3 rings (SSSR count). The minimum absolute atomic E-state index is 0.110. The first-order chi connectivity index (χ1) is 14.9. The number of hydrogen-bond acceptors (Lipinski definition) is 5. The summed E-state index contributed by atoms with van der Waals surface area (Å²) in [5.41, 5.74) is 0.982. The molecule has 0 aliphatic rings. The molecule has 0 aliphatic carbocycles. The molecule has 1 aromatic heterocycles. The van der Waals surface area contributed by atoms with Gasteiger partial charge in [-0.1, -0.05) is 6.07 Å². The van der Waals surface area contributed by atoms with Crippen LogP contribution in [0.4, 0.5) is 20.2 Å². The fourth-order valence-electron chi connectivity index (χ4n) is 2.76. The number of rotatable bonds is 9. The molecule has 10 heteroatoms. The van der Waals surface area contributed by atoms with Crippen molar-refractivity contribution in [3.05, 3.63) is 66.7 Å². The summed E-state index contributed by atoms with van der Waals surface area (Å²) in [5, 5.41) is 5.34. The molecule has 2 amide bonds. The number of hydrogen-bond donors (Lipinski definition) is 2. The zero-order valence-corrected chi connectivity index (χ0v) is 16.5. The number of alkyl halides is 2. The molecule has 0 fully saturated rings. The third-order valence-electron chi connectivity index (χ3n) is 4.20. The Morgan fingerprint density at radius 2 is 1.90 bits per heavy atom. The van der Waals surface area contributed by atoms with E-state index in [4.69, 9.17) is 4.74 Å². The summed E-state index contributed by atoms with van der Waals surface area (Å²) in [6.45, 7) is -2.55. The second-order valence-electron chi connectivity index (χ2n) is 6.38. The van der Waals surface area contributed by atoms with Gasteiger partial charge in [-0.25, -0.2) is 4.98 Å². The Hall–Kier alpha value is -3.95. The van der Waals surface area contributed by atoms with E-state index in [1.807, 2.05) is 0 Å². The summed E-state index contributed by atoms with van der Waals surface area (Å²) in [4.78, 5) is 28.6. The van der Waals surface area contributed by atoms with Gasteiger partial charge in [-0.3, -0.25) is 9.59 Å². The first kappa shape index (κ1) is 21.8. The van der Waals surface area contributed by atoms with Crippen LogP contribution in [0.5, 0.6) is 11.5 Å².